The first-order valence-corrected chi connectivity index (χ1v) is 11.6. The Morgan fingerprint density at radius 1 is 1.25 bits per heavy atom. The second kappa shape index (κ2) is 9.80. The molecular weight excluding hydrogens is 526 g/mol. The van der Waals surface area contributed by atoms with Crippen molar-refractivity contribution in [1.29, 1.82) is 0 Å². The molecule has 164 valence electrons. The fourth-order valence-corrected chi connectivity index (χ4v) is 5.08. The van der Waals surface area contributed by atoms with Crippen LogP contribution in [0, 0.1) is 0 Å². The first-order valence-electron chi connectivity index (χ1n) is 9.05. The number of aliphatic imine (C=N–C) groups is 1. The number of thiophene rings is 1. The van der Waals surface area contributed by atoms with Crippen LogP contribution < -0.4 is 9.64 Å². The van der Waals surface area contributed by atoms with Gasteiger partial charge in [0.2, 0.25) is 0 Å². The molecule has 0 spiro atoms. The number of amides is 1. The Balaban J connectivity index is 1.59. The minimum atomic E-state index is -2.95. The minimum Gasteiger partial charge on any atom is -0.465 e. The van der Waals surface area contributed by atoms with Gasteiger partial charge in [0.1, 0.15) is 17.2 Å². The smallest absolute Gasteiger partial charge is 0.387 e. The Morgan fingerprint density at radius 3 is 2.66 bits per heavy atom. The van der Waals surface area contributed by atoms with Gasteiger partial charge < -0.3 is 9.15 Å². The predicted molar refractivity (Wildman–Crippen MR) is 123 cm³/mol. The molecule has 1 aliphatic heterocycles. The Morgan fingerprint density at radius 2 is 2.03 bits per heavy atom. The van der Waals surface area contributed by atoms with E-state index in [1.807, 2.05) is 0 Å². The summed E-state index contributed by atoms with van der Waals surface area (Å²) in [6.45, 7) is -2.95. The first-order chi connectivity index (χ1) is 15.4. The zero-order valence-corrected chi connectivity index (χ0v) is 19.3. The van der Waals surface area contributed by atoms with Crippen LogP contribution in [-0.2, 0) is 4.79 Å². The van der Waals surface area contributed by atoms with E-state index in [1.54, 1.807) is 24.3 Å². The van der Waals surface area contributed by atoms with E-state index in [4.69, 9.17) is 4.42 Å². The van der Waals surface area contributed by atoms with Crippen LogP contribution in [0.15, 0.2) is 73.7 Å². The van der Waals surface area contributed by atoms with Crippen LogP contribution in [0.3, 0.4) is 0 Å². The van der Waals surface area contributed by atoms with E-state index in [2.05, 4.69) is 25.7 Å². The van der Waals surface area contributed by atoms with Crippen LogP contribution in [0.4, 0.5) is 14.5 Å². The summed E-state index contributed by atoms with van der Waals surface area (Å²) >= 11 is 5.76. The van der Waals surface area contributed by atoms with Crippen molar-refractivity contribution in [3.8, 4) is 5.75 Å². The summed E-state index contributed by atoms with van der Waals surface area (Å²) in [5.74, 6) is -0.0616. The van der Waals surface area contributed by atoms with Crippen molar-refractivity contribution in [2.75, 3.05) is 10.7 Å². The molecule has 0 saturated heterocycles. The van der Waals surface area contributed by atoms with Crippen LogP contribution in [0.5, 0.6) is 5.75 Å². The number of Topliss-reactive ketones (excluding diaryl/α,β-unsaturated/α-hetero) is 1. The number of nitrogens with zero attached hydrogens (tertiary/aromatic N) is 2. The Kier molecular flexibility index (Phi) is 6.87. The summed E-state index contributed by atoms with van der Waals surface area (Å²) in [6.07, 6.45) is 2.97. The van der Waals surface area contributed by atoms with Crippen molar-refractivity contribution in [1.82, 2.24) is 0 Å². The van der Waals surface area contributed by atoms with Gasteiger partial charge in [-0.2, -0.15) is 8.78 Å². The Bertz CT molecular complexity index is 1190. The van der Waals surface area contributed by atoms with E-state index in [-0.39, 0.29) is 23.0 Å². The first kappa shape index (κ1) is 22.4. The number of thioether (sulfide) groups is 1. The van der Waals surface area contributed by atoms with E-state index in [0.717, 1.165) is 15.5 Å². The molecule has 0 fully saturated rings. The summed E-state index contributed by atoms with van der Waals surface area (Å²) in [6, 6.07) is 12.5. The highest BCUT2D eigenvalue weighted by Crippen LogP contribution is 2.32. The number of hydrogen-bond acceptors (Lipinski definition) is 7. The monoisotopic (exact) mass is 538 g/mol. The van der Waals surface area contributed by atoms with Crippen molar-refractivity contribution in [2.24, 2.45) is 4.99 Å². The third kappa shape index (κ3) is 5.17. The maximum atomic E-state index is 13.1. The molecule has 0 unspecified atom stereocenters. The van der Waals surface area contributed by atoms with Crippen molar-refractivity contribution in [3.05, 3.63) is 74.9 Å². The number of hydrogen-bond donors (Lipinski definition) is 0. The molecule has 0 saturated carbocycles. The van der Waals surface area contributed by atoms with Crippen molar-refractivity contribution in [3.63, 3.8) is 0 Å². The molecule has 1 aromatic carbocycles. The van der Waals surface area contributed by atoms with Crippen LogP contribution in [0.25, 0.3) is 6.08 Å². The third-order valence-corrected chi connectivity index (χ3v) is 6.76. The molecule has 3 aromatic rings. The van der Waals surface area contributed by atoms with Gasteiger partial charge in [0, 0.05) is 6.08 Å². The number of halogens is 3. The van der Waals surface area contributed by atoms with Gasteiger partial charge >= 0.3 is 6.61 Å². The highest BCUT2D eigenvalue weighted by molar-refractivity contribution is 9.11. The second-order valence-corrected chi connectivity index (χ2v) is 9.67. The standard InChI is InChI=1S/C21H13BrF2N2O4S2/c22-18-8-7-17(32-18)16(27)11-31-21-25-15(10-14-2-1-9-29-14)19(28)26(21)12-3-5-13(6-4-12)30-20(23)24/h1-10,20H,11H2. The van der Waals surface area contributed by atoms with Gasteiger partial charge in [-0.3, -0.25) is 14.5 Å². The largest absolute Gasteiger partial charge is 0.465 e. The van der Waals surface area contributed by atoms with Gasteiger partial charge in [0.25, 0.3) is 5.91 Å². The average Bonchev–Trinajstić information content (AvgIpc) is 3.49. The molecule has 0 aliphatic carbocycles. The Labute approximate surface area is 197 Å². The lowest BCUT2D eigenvalue weighted by Gasteiger charge is -2.18. The molecule has 32 heavy (non-hydrogen) atoms. The van der Waals surface area contributed by atoms with Gasteiger partial charge in [-0.15, -0.1) is 11.3 Å². The lowest BCUT2D eigenvalue weighted by Crippen LogP contribution is -2.30. The average molecular weight is 539 g/mol. The minimum absolute atomic E-state index is 0.0358. The normalized spacial score (nSPS) is 15.0. The van der Waals surface area contributed by atoms with E-state index in [0.29, 0.717) is 21.5 Å². The molecule has 1 amide bonds. The van der Waals surface area contributed by atoms with Gasteiger partial charge in [-0.1, -0.05) is 11.8 Å². The topological polar surface area (TPSA) is 72.1 Å². The summed E-state index contributed by atoms with van der Waals surface area (Å²) in [7, 11) is 0. The zero-order chi connectivity index (χ0) is 22.7. The van der Waals surface area contributed by atoms with E-state index >= 15 is 0 Å². The molecule has 11 heteroatoms. The number of benzene rings is 1. The molecule has 0 N–H and O–H groups in total. The molecule has 6 nitrogen and oxygen atoms in total. The number of amidine groups is 1. The zero-order valence-electron chi connectivity index (χ0n) is 16.0. The van der Waals surface area contributed by atoms with Gasteiger partial charge in [-0.25, -0.2) is 4.99 Å². The van der Waals surface area contributed by atoms with Crippen molar-refractivity contribution < 1.29 is 27.5 Å². The highest BCUT2D eigenvalue weighted by Gasteiger charge is 2.33. The lowest BCUT2D eigenvalue weighted by molar-refractivity contribution is -0.113. The Hall–Kier alpha value is -2.76. The lowest BCUT2D eigenvalue weighted by atomic mass is 10.2. The van der Waals surface area contributed by atoms with Crippen LogP contribution in [-0.4, -0.2) is 29.2 Å². The van der Waals surface area contributed by atoms with Crippen molar-refractivity contribution >= 4 is 67.7 Å². The second-order valence-electron chi connectivity index (χ2n) is 6.27. The summed E-state index contributed by atoms with van der Waals surface area (Å²) in [5.41, 5.74) is 0.527. The maximum Gasteiger partial charge on any atom is 0.387 e. The molecule has 1 aliphatic rings. The quantitative estimate of drug-likeness (QED) is 0.270. The molecule has 0 atom stereocenters. The fraction of sp³-hybridized carbons (Fsp3) is 0.0952. The van der Waals surface area contributed by atoms with Crippen molar-refractivity contribution in [2.45, 2.75) is 6.61 Å². The number of carbonyl (C=O) groups excluding carboxylic acids is 2. The number of furan rings is 1. The molecule has 3 heterocycles. The number of ether oxygens (including phenoxy) is 1. The highest BCUT2D eigenvalue weighted by atomic mass is 79.9. The predicted octanol–water partition coefficient (Wildman–Crippen LogP) is 6.06. The van der Waals surface area contributed by atoms with Crippen LogP contribution in [0.2, 0.25) is 0 Å². The van der Waals surface area contributed by atoms with Gasteiger partial charge in [0.15, 0.2) is 11.0 Å². The number of ketones is 1. The summed E-state index contributed by atoms with van der Waals surface area (Å²) < 4.78 is 35.3. The molecule has 0 radical (unpaired) electrons. The third-order valence-electron chi connectivity index (χ3n) is 4.15. The fourth-order valence-electron chi connectivity index (χ4n) is 2.77. The summed E-state index contributed by atoms with van der Waals surface area (Å²) in [4.78, 5) is 31.9. The SMILES string of the molecule is O=C(CSC1=NC(=Cc2ccco2)C(=O)N1c1ccc(OC(F)F)cc1)c1ccc(Br)s1. The number of alkyl halides is 2. The maximum absolute atomic E-state index is 13.1. The van der Waals surface area contributed by atoms with E-state index in [9.17, 15) is 18.4 Å². The molecule has 0 bridgehead atoms. The molecular formula is C21H13BrF2N2O4S2. The van der Waals surface area contributed by atoms with E-state index in [1.165, 1.54) is 52.8 Å². The number of anilines is 1. The molecule has 2 aromatic heterocycles. The van der Waals surface area contributed by atoms with Gasteiger partial charge in [0.05, 0.1) is 26.4 Å². The van der Waals surface area contributed by atoms with E-state index < -0.39 is 12.5 Å². The molecule has 4 rings (SSSR count). The van der Waals surface area contributed by atoms with Crippen LogP contribution in [0.1, 0.15) is 15.4 Å². The van der Waals surface area contributed by atoms with Gasteiger partial charge in [-0.05, 0) is 64.5 Å². The van der Waals surface area contributed by atoms with Crippen LogP contribution >= 0.6 is 39.0 Å². The number of carbonyl (C=O) groups is 2. The number of rotatable bonds is 7. The summed E-state index contributed by atoms with van der Waals surface area (Å²) in [5, 5.41) is 0.291.